The van der Waals surface area contributed by atoms with Gasteiger partial charge in [-0.05, 0) is 71.9 Å². The van der Waals surface area contributed by atoms with Crippen LogP contribution in [0, 0.1) is 5.92 Å². The third-order valence-corrected chi connectivity index (χ3v) is 6.49. The SMILES string of the molecule is C=C/C=C\C=C/CN(CC(C)CC=C)c1cc(-c2cccc(/C(C=C)=C/C)c2)cc(N(C)C(=C)/C=C\C=C)c1. The molecule has 0 aromatic heterocycles. The van der Waals surface area contributed by atoms with Gasteiger partial charge in [-0.25, -0.2) is 0 Å². The monoisotopic (exact) mass is 516 g/mol. The highest BCUT2D eigenvalue weighted by Gasteiger charge is 2.15. The van der Waals surface area contributed by atoms with Crippen LogP contribution < -0.4 is 9.80 Å². The fraction of sp³-hybridized carbons (Fsp3) is 0.189. The summed E-state index contributed by atoms with van der Waals surface area (Å²) >= 11 is 0. The normalized spacial score (nSPS) is 12.5. The Morgan fingerprint density at radius 3 is 2.31 bits per heavy atom. The highest BCUT2D eigenvalue weighted by Crippen LogP contribution is 2.34. The lowest BCUT2D eigenvalue weighted by atomic mass is 9.97. The Kier molecular flexibility index (Phi) is 13.1. The van der Waals surface area contributed by atoms with E-state index in [1.54, 1.807) is 12.2 Å². The third kappa shape index (κ3) is 9.50. The van der Waals surface area contributed by atoms with Gasteiger partial charge in [-0.3, -0.25) is 0 Å². The van der Waals surface area contributed by atoms with Crippen LogP contribution in [0.2, 0.25) is 0 Å². The molecule has 2 nitrogen and oxygen atoms in total. The van der Waals surface area contributed by atoms with E-state index in [4.69, 9.17) is 0 Å². The van der Waals surface area contributed by atoms with Gasteiger partial charge in [0.15, 0.2) is 0 Å². The van der Waals surface area contributed by atoms with Crippen LogP contribution in [0.25, 0.3) is 16.7 Å². The van der Waals surface area contributed by atoms with Crippen LogP contribution in [0.3, 0.4) is 0 Å². The Bertz CT molecular complexity index is 1270. The standard InChI is InChI=1S/C37H44N2/c1-9-14-16-17-18-24-39(29-30(6)20-11-3)37-27-35(26-36(28-37)38(8)31(7)21-15-10-2)34-23-19-22-33(25-34)32(12-4)13-5/h9-19,21-23,25-28,30H,1-4,7,20,24,29H2,5-6,8H3/b16-14-,18-17-,21-15-,32-13+. The first-order valence-electron chi connectivity index (χ1n) is 13.4. The molecule has 1 unspecified atom stereocenters. The first kappa shape index (κ1) is 30.9. The van der Waals surface area contributed by atoms with E-state index in [0.29, 0.717) is 5.92 Å². The molecule has 2 heteroatoms. The molecular formula is C37H44N2. The highest BCUT2D eigenvalue weighted by molar-refractivity contribution is 5.80. The van der Waals surface area contributed by atoms with Crippen molar-refractivity contribution in [2.24, 2.45) is 5.92 Å². The molecule has 0 aliphatic carbocycles. The molecule has 0 amide bonds. The van der Waals surface area contributed by atoms with Crippen LogP contribution in [-0.4, -0.2) is 20.1 Å². The van der Waals surface area contributed by atoms with Gasteiger partial charge in [-0.1, -0.05) is 112 Å². The van der Waals surface area contributed by atoms with Crippen molar-refractivity contribution in [3.8, 4) is 11.1 Å². The molecule has 0 heterocycles. The molecule has 0 saturated carbocycles. The quantitative estimate of drug-likeness (QED) is 0.162. The summed E-state index contributed by atoms with van der Waals surface area (Å²) < 4.78 is 0. The number of benzene rings is 2. The molecule has 0 fully saturated rings. The first-order chi connectivity index (χ1) is 18.9. The van der Waals surface area contributed by atoms with Crippen LogP contribution in [0.15, 0.2) is 148 Å². The van der Waals surface area contributed by atoms with Gasteiger partial charge in [0, 0.05) is 37.2 Å². The van der Waals surface area contributed by atoms with E-state index in [1.807, 2.05) is 43.4 Å². The summed E-state index contributed by atoms with van der Waals surface area (Å²) in [7, 11) is 2.05. The van der Waals surface area contributed by atoms with Crippen LogP contribution in [0.4, 0.5) is 11.4 Å². The second kappa shape index (κ2) is 16.5. The summed E-state index contributed by atoms with van der Waals surface area (Å²) in [6.45, 7) is 25.8. The molecule has 0 aliphatic rings. The van der Waals surface area contributed by atoms with Crippen molar-refractivity contribution in [3.63, 3.8) is 0 Å². The Hall–Kier alpha value is -4.30. The fourth-order valence-electron chi connectivity index (χ4n) is 4.31. The molecule has 2 rings (SSSR count). The van der Waals surface area contributed by atoms with Gasteiger partial charge in [0.1, 0.15) is 0 Å². The van der Waals surface area contributed by atoms with Gasteiger partial charge in [-0.2, -0.15) is 0 Å². The summed E-state index contributed by atoms with van der Waals surface area (Å²) in [6.07, 6.45) is 22.6. The summed E-state index contributed by atoms with van der Waals surface area (Å²) in [4.78, 5) is 4.55. The summed E-state index contributed by atoms with van der Waals surface area (Å²) in [5, 5.41) is 0. The van der Waals surface area contributed by atoms with Crippen molar-refractivity contribution >= 4 is 16.9 Å². The second-order valence-corrected chi connectivity index (χ2v) is 9.50. The minimum Gasteiger partial charge on any atom is -0.367 e. The smallest absolute Gasteiger partial charge is 0.0434 e. The fourth-order valence-corrected chi connectivity index (χ4v) is 4.31. The molecule has 2 aromatic carbocycles. The van der Waals surface area contributed by atoms with Crippen LogP contribution in [-0.2, 0) is 0 Å². The highest BCUT2D eigenvalue weighted by atomic mass is 15.1. The van der Waals surface area contributed by atoms with Gasteiger partial charge >= 0.3 is 0 Å². The molecule has 1 atom stereocenters. The van der Waals surface area contributed by atoms with Crippen molar-refractivity contribution < 1.29 is 0 Å². The molecule has 39 heavy (non-hydrogen) atoms. The van der Waals surface area contributed by atoms with Crippen LogP contribution in [0.1, 0.15) is 25.8 Å². The Balaban J connectivity index is 2.68. The minimum atomic E-state index is 0.461. The van der Waals surface area contributed by atoms with Crippen molar-refractivity contribution in [1.29, 1.82) is 0 Å². The van der Waals surface area contributed by atoms with Gasteiger partial charge in [0.2, 0.25) is 0 Å². The molecule has 0 spiro atoms. The van der Waals surface area contributed by atoms with Crippen LogP contribution in [0.5, 0.6) is 0 Å². The third-order valence-electron chi connectivity index (χ3n) is 6.49. The molecule has 0 saturated heterocycles. The predicted octanol–water partition coefficient (Wildman–Crippen LogP) is 9.95. The van der Waals surface area contributed by atoms with Crippen molar-refractivity contribution in [3.05, 3.63) is 153 Å². The van der Waals surface area contributed by atoms with E-state index >= 15 is 0 Å². The summed E-state index contributed by atoms with van der Waals surface area (Å²) in [5.41, 5.74) is 7.68. The van der Waals surface area contributed by atoms with Crippen LogP contribution >= 0.6 is 0 Å². The Labute approximate surface area is 237 Å². The zero-order chi connectivity index (χ0) is 28.6. The predicted molar refractivity (Wildman–Crippen MR) is 177 cm³/mol. The van der Waals surface area contributed by atoms with E-state index < -0.39 is 0 Å². The largest absolute Gasteiger partial charge is 0.367 e. The van der Waals surface area contributed by atoms with Crippen molar-refractivity contribution in [1.82, 2.24) is 0 Å². The number of rotatable bonds is 16. The number of hydrogen-bond donors (Lipinski definition) is 0. The van der Waals surface area contributed by atoms with Gasteiger partial charge < -0.3 is 9.80 Å². The number of anilines is 2. The van der Waals surface area contributed by atoms with Gasteiger partial charge in [0.05, 0.1) is 0 Å². The van der Waals surface area contributed by atoms with Gasteiger partial charge in [-0.15, -0.1) is 6.58 Å². The average Bonchev–Trinajstić information content (AvgIpc) is 2.95. The minimum absolute atomic E-state index is 0.461. The second-order valence-electron chi connectivity index (χ2n) is 9.50. The first-order valence-corrected chi connectivity index (χ1v) is 13.4. The molecule has 202 valence electrons. The summed E-state index contributed by atoms with van der Waals surface area (Å²) in [5.74, 6) is 0.461. The number of hydrogen-bond acceptors (Lipinski definition) is 2. The lowest BCUT2D eigenvalue weighted by molar-refractivity contribution is 0.579. The molecule has 0 radical (unpaired) electrons. The van der Waals surface area contributed by atoms with E-state index in [9.17, 15) is 0 Å². The molecule has 0 aliphatic heterocycles. The Morgan fingerprint density at radius 1 is 0.897 bits per heavy atom. The molecule has 0 N–H and O–H groups in total. The summed E-state index contributed by atoms with van der Waals surface area (Å²) in [6, 6.07) is 15.4. The zero-order valence-electron chi connectivity index (χ0n) is 24.0. The zero-order valence-corrected chi connectivity index (χ0v) is 24.0. The number of likely N-dealkylation sites (N-methyl/N-ethyl adjacent to an activating group) is 1. The molecular weight excluding hydrogens is 472 g/mol. The Morgan fingerprint density at radius 2 is 1.64 bits per heavy atom. The molecule has 0 bridgehead atoms. The van der Waals surface area contributed by atoms with E-state index in [1.165, 1.54) is 0 Å². The van der Waals surface area contributed by atoms with E-state index in [2.05, 4.69) is 117 Å². The maximum absolute atomic E-state index is 4.28. The van der Waals surface area contributed by atoms with Crippen molar-refractivity contribution in [2.45, 2.75) is 20.3 Å². The maximum atomic E-state index is 4.28. The van der Waals surface area contributed by atoms with E-state index in [0.717, 1.165) is 58.8 Å². The van der Waals surface area contributed by atoms with Crippen molar-refractivity contribution in [2.75, 3.05) is 29.9 Å². The molecule has 2 aromatic rings. The topological polar surface area (TPSA) is 6.48 Å². The average molecular weight is 517 g/mol. The lowest BCUT2D eigenvalue weighted by Crippen LogP contribution is -2.29. The lowest BCUT2D eigenvalue weighted by Gasteiger charge is -2.29. The number of nitrogens with zero attached hydrogens (tertiary/aromatic N) is 2. The number of allylic oxidation sites excluding steroid dienone is 11. The maximum Gasteiger partial charge on any atom is 0.0434 e. The van der Waals surface area contributed by atoms with Gasteiger partial charge in [0.25, 0.3) is 0 Å². The van der Waals surface area contributed by atoms with E-state index in [-0.39, 0.29) is 0 Å².